The number of ketones is 1. The first-order chi connectivity index (χ1) is 4.31. The summed E-state index contributed by atoms with van der Waals surface area (Å²) in [6, 6.07) is 0. The molecule has 0 atom stereocenters. The Morgan fingerprint density at radius 3 is 1.93 bits per heavy atom. The van der Waals surface area contributed by atoms with Crippen LogP contribution in [-0.2, 0) is 27.2 Å². The van der Waals surface area contributed by atoms with Gasteiger partial charge in [-0.05, 0) is 19.5 Å². The van der Waals surface area contributed by atoms with E-state index in [4.69, 9.17) is 0 Å². The van der Waals surface area contributed by atoms with E-state index in [1.54, 1.807) is 12.2 Å². The largest absolute Gasteiger partial charge is 0.310 e. The third-order valence-corrected chi connectivity index (χ3v) is 0.902. The fourth-order valence-corrected chi connectivity index (χ4v) is 0.493. The molecule has 0 spiro atoms. The number of likely N-dealkylation sites (N-methyl/N-ethyl adjacent to an activating group) is 1. The van der Waals surface area contributed by atoms with Crippen LogP contribution < -0.4 is 5.32 Å². The number of halogens is 4. The van der Waals surface area contributed by atoms with E-state index in [0.29, 0.717) is 6.54 Å². The van der Waals surface area contributed by atoms with Crippen LogP contribution in [-0.4, -0.2) is 18.9 Å². The Balaban J connectivity index is -0.0000000320. The van der Waals surface area contributed by atoms with Gasteiger partial charge >= 0.3 is 0 Å². The van der Waals surface area contributed by atoms with Crippen molar-refractivity contribution in [3.8, 4) is 0 Å². The standard InChI is InChI=1S/C7H13NO.4FH.Nb/c1-3-5-7(9)6-8-4-2;;;;;/h3,5,8H,4,6H2,1-2H3;4*1H;/b5-3+;;;;;. The third kappa shape index (κ3) is 29.7. The van der Waals surface area contributed by atoms with E-state index in [2.05, 4.69) is 5.32 Å². The van der Waals surface area contributed by atoms with E-state index in [-0.39, 0.29) is 47.0 Å². The van der Waals surface area contributed by atoms with Gasteiger partial charge in [-0.25, -0.2) is 0 Å². The van der Waals surface area contributed by atoms with Crippen LogP contribution in [0.3, 0.4) is 0 Å². The monoisotopic (exact) mass is 300 g/mol. The molecule has 0 amide bonds. The molecule has 0 aromatic heterocycles. The first-order valence-corrected chi connectivity index (χ1v) is 3.17. The molecule has 0 fully saturated rings. The topological polar surface area (TPSA) is 29.1 Å². The average Bonchev–Trinajstić information content (AvgIpc) is 1.85. The molecule has 0 saturated carbocycles. The van der Waals surface area contributed by atoms with Crippen LogP contribution in [0.25, 0.3) is 0 Å². The second-order valence-corrected chi connectivity index (χ2v) is 1.75. The van der Waals surface area contributed by atoms with Crippen molar-refractivity contribution in [3.63, 3.8) is 0 Å². The zero-order chi connectivity index (χ0) is 7.11. The first-order valence-electron chi connectivity index (χ1n) is 3.17. The van der Waals surface area contributed by atoms with Gasteiger partial charge in [0, 0.05) is 22.4 Å². The minimum atomic E-state index is 0. The Morgan fingerprint density at radius 2 is 1.64 bits per heavy atom. The van der Waals surface area contributed by atoms with Crippen molar-refractivity contribution in [3.05, 3.63) is 12.2 Å². The van der Waals surface area contributed by atoms with Crippen LogP contribution in [0, 0.1) is 0 Å². The fraction of sp³-hybridized carbons (Fsp3) is 0.571. The van der Waals surface area contributed by atoms with Crippen LogP contribution in [0.4, 0.5) is 18.8 Å². The number of rotatable bonds is 4. The predicted molar refractivity (Wildman–Crippen MR) is 48.4 cm³/mol. The summed E-state index contributed by atoms with van der Waals surface area (Å²) in [7, 11) is 0. The summed E-state index contributed by atoms with van der Waals surface area (Å²) in [4.78, 5) is 10.7. The van der Waals surface area contributed by atoms with Gasteiger partial charge in [-0.2, -0.15) is 0 Å². The van der Waals surface area contributed by atoms with Crippen LogP contribution in [0.1, 0.15) is 13.8 Å². The van der Waals surface area contributed by atoms with Crippen molar-refractivity contribution >= 4 is 5.78 Å². The van der Waals surface area contributed by atoms with E-state index in [9.17, 15) is 4.79 Å². The molecule has 0 saturated heterocycles. The summed E-state index contributed by atoms with van der Waals surface area (Å²) in [5.74, 6) is 0.138. The number of hydrogen-bond donors (Lipinski definition) is 1. The van der Waals surface area contributed by atoms with Crippen molar-refractivity contribution in [2.75, 3.05) is 13.1 Å². The third-order valence-electron chi connectivity index (χ3n) is 0.902. The zero-order valence-electron chi connectivity index (χ0n) is 8.06. The number of nitrogens with one attached hydrogen (secondary N) is 1. The van der Waals surface area contributed by atoms with Crippen molar-refractivity contribution in [2.45, 2.75) is 13.8 Å². The maximum Gasteiger partial charge on any atom is 0.169 e. The van der Waals surface area contributed by atoms with Gasteiger partial charge in [-0.15, -0.1) is 0 Å². The molecule has 0 aliphatic rings. The molecule has 0 aromatic carbocycles. The molecule has 1 N–H and O–H groups in total. The molecule has 0 aliphatic carbocycles. The van der Waals surface area contributed by atoms with Crippen LogP contribution in [0.5, 0.6) is 0 Å². The molecule has 1 radical (unpaired) electrons. The van der Waals surface area contributed by atoms with Gasteiger partial charge in [0.2, 0.25) is 0 Å². The van der Waals surface area contributed by atoms with Gasteiger partial charge in [0.25, 0.3) is 0 Å². The minimum Gasteiger partial charge on any atom is -0.310 e. The first kappa shape index (κ1) is 37.1. The van der Waals surface area contributed by atoms with Gasteiger partial charge in [0.1, 0.15) is 0 Å². The van der Waals surface area contributed by atoms with Crippen molar-refractivity contribution < 1.29 is 46.0 Å². The normalized spacial score (nSPS) is 6.71. The molecule has 0 heterocycles. The molecule has 0 unspecified atom stereocenters. The molecule has 0 aromatic rings. The Hall–Kier alpha value is -0.170. The van der Waals surface area contributed by atoms with Gasteiger partial charge < -0.3 is 5.32 Å². The van der Waals surface area contributed by atoms with Crippen molar-refractivity contribution in [1.82, 2.24) is 5.32 Å². The number of allylic oxidation sites excluding steroid dienone is 1. The van der Waals surface area contributed by atoms with E-state index in [1.807, 2.05) is 13.8 Å². The Kier molecular flexibility index (Phi) is 77.7. The van der Waals surface area contributed by atoms with Crippen LogP contribution >= 0.6 is 0 Å². The van der Waals surface area contributed by atoms with Crippen molar-refractivity contribution in [1.29, 1.82) is 0 Å². The number of hydrogen-bond acceptors (Lipinski definition) is 2. The quantitative estimate of drug-likeness (QED) is 0.482. The van der Waals surface area contributed by atoms with Crippen molar-refractivity contribution in [2.24, 2.45) is 0 Å². The van der Waals surface area contributed by atoms with Gasteiger partial charge in [-0.1, -0.05) is 13.0 Å². The number of carbonyl (C=O) groups is 1. The smallest absolute Gasteiger partial charge is 0.169 e. The molecule has 89 valence electrons. The van der Waals surface area contributed by atoms with Crippen LogP contribution in [0.15, 0.2) is 12.2 Å². The molecule has 0 rings (SSSR count). The summed E-state index contributed by atoms with van der Waals surface area (Å²) in [5.41, 5.74) is 0. The molecule has 0 aliphatic heterocycles. The van der Waals surface area contributed by atoms with Gasteiger partial charge in [0.05, 0.1) is 6.54 Å². The second kappa shape index (κ2) is 29.3. The minimum absolute atomic E-state index is 0. The summed E-state index contributed by atoms with van der Waals surface area (Å²) in [5, 5.41) is 2.93. The van der Waals surface area contributed by atoms with Gasteiger partial charge in [-0.3, -0.25) is 23.6 Å². The Morgan fingerprint density at radius 1 is 1.21 bits per heavy atom. The second-order valence-electron chi connectivity index (χ2n) is 1.75. The maximum atomic E-state index is 10.7. The summed E-state index contributed by atoms with van der Waals surface area (Å²) in [6.45, 7) is 5.12. The summed E-state index contributed by atoms with van der Waals surface area (Å²) < 4.78 is 0. The molecular formula is C7H17F4NNbO. The maximum absolute atomic E-state index is 10.7. The molecule has 0 bridgehead atoms. The SMILES string of the molecule is C/C=C/C(=O)CNCC.F.F.F.F.[Nb]. The van der Waals surface area contributed by atoms with E-state index in [1.165, 1.54) is 0 Å². The molecule has 14 heavy (non-hydrogen) atoms. The van der Waals surface area contributed by atoms with E-state index >= 15 is 0 Å². The zero-order valence-corrected chi connectivity index (χ0v) is 10.3. The Bertz CT molecular complexity index is 124. The van der Waals surface area contributed by atoms with E-state index in [0.717, 1.165) is 6.54 Å². The van der Waals surface area contributed by atoms with Gasteiger partial charge in [0.15, 0.2) is 5.78 Å². The summed E-state index contributed by atoms with van der Waals surface area (Å²) >= 11 is 0. The number of carbonyl (C=O) groups excluding carboxylic acids is 1. The Labute approximate surface area is 96.5 Å². The molecular weight excluding hydrogens is 283 g/mol. The average molecular weight is 300 g/mol. The summed E-state index contributed by atoms with van der Waals surface area (Å²) in [6.07, 6.45) is 3.32. The predicted octanol–water partition coefficient (Wildman–Crippen LogP) is 1.35. The molecule has 7 heteroatoms. The molecule has 2 nitrogen and oxygen atoms in total. The van der Waals surface area contributed by atoms with Crippen LogP contribution in [0.2, 0.25) is 0 Å². The fourth-order valence-electron chi connectivity index (χ4n) is 0.493. The van der Waals surface area contributed by atoms with E-state index < -0.39 is 0 Å².